The highest BCUT2D eigenvalue weighted by Gasteiger charge is 2.22. The third-order valence-electron chi connectivity index (χ3n) is 4.18. The largest absolute Gasteiger partial charge is 0.352 e. The number of aromatic nitrogens is 4. The summed E-state index contributed by atoms with van der Waals surface area (Å²) in [7, 11) is 0. The lowest BCUT2D eigenvalue weighted by atomic mass is 10.2. The Kier molecular flexibility index (Phi) is 4.69. The van der Waals surface area contributed by atoms with Gasteiger partial charge in [0, 0.05) is 49.8 Å². The van der Waals surface area contributed by atoms with Crippen molar-refractivity contribution in [1.29, 1.82) is 0 Å². The van der Waals surface area contributed by atoms with Crippen LogP contribution in [0.3, 0.4) is 0 Å². The molecule has 4 rings (SSSR count). The van der Waals surface area contributed by atoms with Crippen LogP contribution in [-0.2, 0) is 0 Å². The number of hydrogen-bond donors (Lipinski definition) is 1. The van der Waals surface area contributed by atoms with Gasteiger partial charge < -0.3 is 15.1 Å². The van der Waals surface area contributed by atoms with Crippen molar-refractivity contribution in [3.63, 3.8) is 0 Å². The Morgan fingerprint density at radius 1 is 1.08 bits per heavy atom. The minimum atomic E-state index is -0.0903. The summed E-state index contributed by atoms with van der Waals surface area (Å²) in [6.45, 7) is 2.76. The highest BCUT2D eigenvalue weighted by atomic mass is 32.1. The molecule has 0 unspecified atom stereocenters. The first-order valence-electron chi connectivity index (χ1n) is 8.23. The van der Waals surface area contributed by atoms with Gasteiger partial charge in [-0.15, -0.1) is 10.2 Å². The zero-order chi connectivity index (χ0) is 17.8. The molecule has 0 saturated carbocycles. The number of anilines is 2. The molecule has 3 heterocycles. The minimum Gasteiger partial charge on any atom is -0.352 e. The van der Waals surface area contributed by atoms with Crippen molar-refractivity contribution >= 4 is 28.9 Å². The smallest absolute Gasteiger partial charge is 0.321 e. The normalized spacial score (nSPS) is 14.3. The van der Waals surface area contributed by atoms with Gasteiger partial charge >= 0.3 is 6.03 Å². The molecule has 2 amide bonds. The highest BCUT2D eigenvalue weighted by Crippen LogP contribution is 2.22. The molecule has 0 radical (unpaired) electrons. The van der Waals surface area contributed by atoms with Crippen molar-refractivity contribution in [3.8, 4) is 10.6 Å². The molecule has 1 aromatic carbocycles. The van der Waals surface area contributed by atoms with E-state index < -0.39 is 0 Å². The van der Waals surface area contributed by atoms with E-state index >= 15 is 0 Å². The van der Waals surface area contributed by atoms with E-state index in [1.165, 1.54) is 11.3 Å². The summed E-state index contributed by atoms with van der Waals surface area (Å²) in [5.41, 5.74) is 3.45. The van der Waals surface area contributed by atoms with E-state index in [0.29, 0.717) is 13.1 Å². The average Bonchev–Trinajstić information content (AvgIpc) is 3.24. The molecule has 2 aromatic heterocycles. The molecule has 1 aliphatic rings. The molecule has 0 spiro atoms. The number of hydrogen-bond acceptors (Lipinski definition) is 7. The van der Waals surface area contributed by atoms with Crippen LogP contribution in [0.25, 0.3) is 10.6 Å². The second-order valence-electron chi connectivity index (χ2n) is 5.79. The van der Waals surface area contributed by atoms with Crippen LogP contribution in [0.15, 0.2) is 48.4 Å². The van der Waals surface area contributed by atoms with Crippen molar-refractivity contribution in [2.75, 3.05) is 36.4 Å². The summed E-state index contributed by atoms with van der Waals surface area (Å²) in [6.07, 6.45) is 5.08. The van der Waals surface area contributed by atoms with Gasteiger partial charge in [-0.25, -0.2) is 9.78 Å². The lowest BCUT2D eigenvalue weighted by Crippen LogP contribution is -2.50. The molecular weight excluding hydrogens is 350 g/mol. The maximum absolute atomic E-state index is 12.5. The molecule has 1 fully saturated rings. The molecule has 0 aliphatic carbocycles. The van der Waals surface area contributed by atoms with Crippen molar-refractivity contribution in [2.45, 2.75) is 0 Å². The second kappa shape index (κ2) is 7.44. The standard InChI is InChI=1S/C17H17N7OS/c25-17(21-14-3-1-13(2-4-14)16-22-20-12-26-16)24-9-7-23(8-10-24)15-11-18-5-6-19-15/h1-6,11-12H,7-10H2,(H,21,25). The van der Waals surface area contributed by atoms with Gasteiger partial charge in [-0.1, -0.05) is 11.3 Å². The Balaban J connectivity index is 1.33. The third-order valence-corrected chi connectivity index (χ3v) is 4.92. The summed E-state index contributed by atoms with van der Waals surface area (Å²) >= 11 is 1.48. The van der Waals surface area contributed by atoms with E-state index in [1.807, 2.05) is 29.2 Å². The van der Waals surface area contributed by atoms with E-state index in [1.54, 1.807) is 24.1 Å². The fourth-order valence-corrected chi connectivity index (χ4v) is 3.35. The van der Waals surface area contributed by atoms with Crippen molar-refractivity contribution < 1.29 is 4.79 Å². The number of nitrogens with one attached hydrogen (secondary N) is 1. The molecule has 0 atom stereocenters. The van der Waals surface area contributed by atoms with E-state index in [0.717, 1.165) is 35.2 Å². The van der Waals surface area contributed by atoms with Crippen molar-refractivity contribution in [1.82, 2.24) is 25.1 Å². The number of urea groups is 1. The summed E-state index contributed by atoms with van der Waals surface area (Å²) in [6, 6.07) is 7.53. The van der Waals surface area contributed by atoms with Crippen LogP contribution in [0.5, 0.6) is 0 Å². The first kappa shape index (κ1) is 16.4. The Morgan fingerprint density at radius 3 is 2.54 bits per heavy atom. The Labute approximate surface area is 154 Å². The van der Waals surface area contributed by atoms with E-state index in [9.17, 15) is 4.79 Å². The SMILES string of the molecule is O=C(Nc1ccc(-c2nncs2)cc1)N1CCN(c2cnccn2)CC1. The molecule has 132 valence electrons. The summed E-state index contributed by atoms with van der Waals surface area (Å²) in [4.78, 5) is 24.8. The van der Waals surface area contributed by atoms with Gasteiger partial charge in [0.15, 0.2) is 0 Å². The number of carbonyl (C=O) groups is 1. The van der Waals surface area contributed by atoms with Crippen LogP contribution in [-0.4, -0.2) is 57.3 Å². The first-order chi connectivity index (χ1) is 12.8. The van der Waals surface area contributed by atoms with Crippen LogP contribution >= 0.6 is 11.3 Å². The molecule has 8 nitrogen and oxygen atoms in total. The Hall–Kier alpha value is -3.07. The number of carbonyl (C=O) groups excluding carboxylic acids is 1. The molecule has 26 heavy (non-hydrogen) atoms. The maximum Gasteiger partial charge on any atom is 0.321 e. The van der Waals surface area contributed by atoms with Crippen LogP contribution in [0.1, 0.15) is 0 Å². The minimum absolute atomic E-state index is 0.0903. The predicted octanol–water partition coefficient (Wildman–Crippen LogP) is 2.35. The van der Waals surface area contributed by atoms with E-state index in [-0.39, 0.29) is 6.03 Å². The number of benzene rings is 1. The predicted molar refractivity (Wildman–Crippen MR) is 100 cm³/mol. The van der Waals surface area contributed by atoms with Crippen molar-refractivity contribution in [2.24, 2.45) is 0 Å². The van der Waals surface area contributed by atoms with E-state index in [4.69, 9.17) is 0 Å². The monoisotopic (exact) mass is 367 g/mol. The molecule has 0 bridgehead atoms. The highest BCUT2D eigenvalue weighted by molar-refractivity contribution is 7.12. The maximum atomic E-state index is 12.5. The summed E-state index contributed by atoms with van der Waals surface area (Å²) < 4.78 is 0. The van der Waals surface area contributed by atoms with Gasteiger partial charge in [0.1, 0.15) is 16.3 Å². The second-order valence-corrected chi connectivity index (χ2v) is 6.62. The first-order valence-corrected chi connectivity index (χ1v) is 9.11. The fourth-order valence-electron chi connectivity index (χ4n) is 2.79. The number of nitrogens with zero attached hydrogens (tertiary/aromatic N) is 6. The molecular formula is C17H17N7OS. The zero-order valence-corrected chi connectivity index (χ0v) is 14.8. The summed E-state index contributed by atoms with van der Waals surface area (Å²) in [5.74, 6) is 0.847. The number of amides is 2. The number of rotatable bonds is 3. The molecule has 3 aromatic rings. The molecule has 1 N–H and O–H groups in total. The van der Waals surface area contributed by atoms with Crippen LogP contribution in [0.4, 0.5) is 16.3 Å². The average molecular weight is 367 g/mol. The van der Waals surface area contributed by atoms with Gasteiger partial charge in [0.25, 0.3) is 0 Å². The number of piperazine rings is 1. The third kappa shape index (κ3) is 3.62. The van der Waals surface area contributed by atoms with Crippen LogP contribution in [0.2, 0.25) is 0 Å². The summed E-state index contributed by atoms with van der Waals surface area (Å²) in [5, 5.41) is 11.7. The van der Waals surface area contributed by atoms with Gasteiger partial charge in [-0.05, 0) is 24.3 Å². The molecule has 9 heteroatoms. The zero-order valence-electron chi connectivity index (χ0n) is 13.9. The molecule has 1 aliphatic heterocycles. The van der Waals surface area contributed by atoms with Gasteiger partial charge in [0.05, 0.1) is 6.20 Å². The lowest BCUT2D eigenvalue weighted by molar-refractivity contribution is 0.208. The topological polar surface area (TPSA) is 87.1 Å². The van der Waals surface area contributed by atoms with Gasteiger partial charge in [-0.2, -0.15) is 0 Å². The Morgan fingerprint density at radius 2 is 1.88 bits per heavy atom. The fraction of sp³-hybridized carbons (Fsp3) is 0.235. The van der Waals surface area contributed by atoms with Crippen molar-refractivity contribution in [3.05, 3.63) is 48.4 Å². The lowest BCUT2D eigenvalue weighted by Gasteiger charge is -2.35. The van der Waals surface area contributed by atoms with Crippen LogP contribution < -0.4 is 10.2 Å². The van der Waals surface area contributed by atoms with Gasteiger partial charge in [0.2, 0.25) is 0 Å². The molecule has 1 saturated heterocycles. The van der Waals surface area contributed by atoms with Crippen LogP contribution in [0, 0.1) is 0 Å². The quantitative estimate of drug-likeness (QED) is 0.765. The van der Waals surface area contributed by atoms with Gasteiger partial charge in [-0.3, -0.25) is 4.98 Å². The van der Waals surface area contributed by atoms with E-state index in [2.05, 4.69) is 30.4 Å². The Bertz CT molecular complexity index is 847.